The Morgan fingerprint density at radius 3 is 2.65 bits per heavy atom. The number of aryl methyl sites for hydroxylation is 2. The summed E-state index contributed by atoms with van der Waals surface area (Å²) in [5, 5.41) is 3.70. The van der Waals surface area contributed by atoms with Crippen LogP contribution >= 0.6 is 0 Å². The zero-order valence-corrected chi connectivity index (χ0v) is 10.9. The SMILES string of the molecule is Cc1cc(F)c2c(c1)C(=O)C(=O)N2Cc1cc(C)no1. The molecular weight excluding hydrogens is 263 g/mol. The molecule has 0 saturated heterocycles. The van der Waals surface area contributed by atoms with E-state index >= 15 is 0 Å². The maximum absolute atomic E-state index is 14.1. The highest BCUT2D eigenvalue weighted by Gasteiger charge is 2.38. The van der Waals surface area contributed by atoms with Gasteiger partial charge in [-0.25, -0.2) is 4.39 Å². The molecule has 1 aliphatic rings. The number of halogens is 1. The van der Waals surface area contributed by atoms with Crippen LogP contribution in [0.1, 0.15) is 27.4 Å². The molecule has 0 saturated carbocycles. The second-order valence-corrected chi connectivity index (χ2v) is 4.80. The van der Waals surface area contributed by atoms with Crippen molar-refractivity contribution in [3.05, 3.63) is 46.6 Å². The van der Waals surface area contributed by atoms with Crippen LogP contribution in [0.15, 0.2) is 22.7 Å². The van der Waals surface area contributed by atoms with Crippen LogP contribution in [0.3, 0.4) is 0 Å². The average molecular weight is 274 g/mol. The van der Waals surface area contributed by atoms with Gasteiger partial charge in [0.2, 0.25) is 0 Å². The average Bonchev–Trinajstić information content (AvgIpc) is 2.88. The smallest absolute Gasteiger partial charge is 0.299 e. The summed E-state index contributed by atoms with van der Waals surface area (Å²) in [7, 11) is 0. The van der Waals surface area contributed by atoms with Crippen LogP contribution in [0.4, 0.5) is 10.1 Å². The van der Waals surface area contributed by atoms with Gasteiger partial charge in [-0.1, -0.05) is 5.16 Å². The largest absolute Gasteiger partial charge is 0.359 e. The predicted octanol–water partition coefficient (Wildman–Crippen LogP) is 2.16. The number of Topliss-reactive ketones (excluding diaryl/α,β-unsaturated/α-hetero) is 1. The van der Waals surface area contributed by atoms with Crippen LogP contribution in [0.25, 0.3) is 0 Å². The third kappa shape index (κ3) is 1.80. The standard InChI is InChI=1S/C14H11FN2O3/c1-7-3-10-12(11(15)4-7)17(14(19)13(10)18)6-9-5-8(2)16-20-9/h3-5H,6H2,1-2H3. The molecule has 0 unspecified atom stereocenters. The Morgan fingerprint density at radius 2 is 2.00 bits per heavy atom. The van der Waals surface area contributed by atoms with E-state index in [9.17, 15) is 14.0 Å². The van der Waals surface area contributed by atoms with E-state index in [-0.39, 0.29) is 17.8 Å². The molecule has 0 spiro atoms. The Bertz CT molecular complexity index is 736. The monoisotopic (exact) mass is 274 g/mol. The Morgan fingerprint density at radius 1 is 1.25 bits per heavy atom. The van der Waals surface area contributed by atoms with Crippen LogP contribution in [-0.4, -0.2) is 16.8 Å². The molecule has 0 fully saturated rings. The molecule has 1 aromatic heterocycles. The first-order chi connectivity index (χ1) is 9.47. The summed E-state index contributed by atoms with van der Waals surface area (Å²) in [6.45, 7) is 3.39. The highest BCUT2D eigenvalue weighted by atomic mass is 19.1. The first kappa shape index (κ1) is 12.5. The molecule has 20 heavy (non-hydrogen) atoms. The lowest BCUT2D eigenvalue weighted by atomic mass is 10.1. The lowest BCUT2D eigenvalue weighted by molar-refractivity contribution is -0.114. The van der Waals surface area contributed by atoms with Crippen molar-refractivity contribution in [2.24, 2.45) is 0 Å². The van der Waals surface area contributed by atoms with Crippen molar-refractivity contribution < 1.29 is 18.5 Å². The number of fused-ring (bicyclic) bond motifs is 1. The Hall–Kier alpha value is -2.50. The summed E-state index contributed by atoms with van der Waals surface area (Å²) < 4.78 is 19.1. The highest BCUT2D eigenvalue weighted by Crippen LogP contribution is 2.33. The van der Waals surface area contributed by atoms with Crippen molar-refractivity contribution in [2.75, 3.05) is 4.90 Å². The van der Waals surface area contributed by atoms with Gasteiger partial charge in [0.25, 0.3) is 11.7 Å². The summed E-state index contributed by atoms with van der Waals surface area (Å²) in [5.74, 6) is -1.63. The maximum atomic E-state index is 14.1. The van der Waals surface area contributed by atoms with Crippen molar-refractivity contribution in [1.29, 1.82) is 0 Å². The molecule has 102 valence electrons. The number of anilines is 1. The van der Waals surface area contributed by atoms with Crippen LogP contribution in [0.5, 0.6) is 0 Å². The molecule has 5 nitrogen and oxygen atoms in total. The number of carbonyl (C=O) groups excluding carboxylic acids is 2. The number of carbonyl (C=O) groups is 2. The second kappa shape index (κ2) is 4.26. The van der Waals surface area contributed by atoms with Crippen molar-refractivity contribution in [1.82, 2.24) is 5.16 Å². The van der Waals surface area contributed by atoms with Gasteiger partial charge in [0.05, 0.1) is 23.5 Å². The molecule has 0 atom stereocenters. The van der Waals surface area contributed by atoms with Crippen molar-refractivity contribution in [3.63, 3.8) is 0 Å². The zero-order chi connectivity index (χ0) is 14.4. The number of benzene rings is 1. The van der Waals surface area contributed by atoms with Gasteiger partial charge in [-0.05, 0) is 31.5 Å². The van der Waals surface area contributed by atoms with E-state index in [1.54, 1.807) is 19.9 Å². The fourth-order valence-corrected chi connectivity index (χ4v) is 2.32. The van der Waals surface area contributed by atoms with Crippen LogP contribution in [0.2, 0.25) is 0 Å². The number of aromatic nitrogens is 1. The number of nitrogens with zero attached hydrogens (tertiary/aromatic N) is 2. The fourth-order valence-electron chi connectivity index (χ4n) is 2.32. The molecule has 1 amide bonds. The second-order valence-electron chi connectivity index (χ2n) is 4.80. The summed E-state index contributed by atoms with van der Waals surface area (Å²) in [4.78, 5) is 25.0. The van der Waals surface area contributed by atoms with E-state index in [1.807, 2.05) is 0 Å². The Balaban J connectivity index is 2.06. The fraction of sp³-hybridized carbons (Fsp3) is 0.214. The van der Waals surface area contributed by atoms with E-state index in [4.69, 9.17) is 4.52 Å². The van der Waals surface area contributed by atoms with Gasteiger partial charge in [0, 0.05) is 6.07 Å². The minimum Gasteiger partial charge on any atom is -0.359 e. The van der Waals surface area contributed by atoms with E-state index in [0.717, 1.165) is 4.90 Å². The number of amides is 1. The number of rotatable bonds is 2. The zero-order valence-electron chi connectivity index (χ0n) is 10.9. The number of hydrogen-bond acceptors (Lipinski definition) is 4. The quantitative estimate of drug-likeness (QED) is 0.787. The summed E-state index contributed by atoms with van der Waals surface area (Å²) in [6, 6.07) is 4.45. The van der Waals surface area contributed by atoms with Gasteiger partial charge in [-0.2, -0.15) is 0 Å². The molecule has 0 radical (unpaired) electrons. The van der Waals surface area contributed by atoms with Crippen LogP contribution in [0, 0.1) is 19.7 Å². The molecular formula is C14H11FN2O3. The van der Waals surface area contributed by atoms with Crippen LogP contribution < -0.4 is 4.90 Å². The minimum absolute atomic E-state index is 0.0136. The summed E-state index contributed by atoms with van der Waals surface area (Å²) in [5.41, 5.74) is 1.37. The molecule has 1 aliphatic heterocycles. The molecule has 1 aromatic carbocycles. The van der Waals surface area contributed by atoms with E-state index in [0.29, 0.717) is 17.0 Å². The summed E-state index contributed by atoms with van der Waals surface area (Å²) in [6.07, 6.45) is 0. The molecule has 0 bridgehead atoms. The number of hydrogen-bond donors (Lipinski definition) is 0. The van der Waals surface area contributed by atoms with Crippen molar-refractivity contribution >= 4 is 17.4 Å². The van der Waals surface area contributed by atoms with Crippen molar-refractivity contribution in [2.45, 2.75) is 20.4 Å². The van der Waals surface area contributed by atoms with E-state index in [2.05, 4.69) is 5.16 Å². The maximum Gasteiger partial charge on any atom is 0.299 e. The molecule has 0 aliphatic carbocycles. The normalized spacial score (nSPS) is 14.1. The van der Waals surface area contributed by atoms with Gasteiger partial charge in [-0.3, -0.25) is 14.5 Å². The van der Waals surface area contributed by atoms with Gasteiger partial charge in [0.1, 0.15) is 5.82 Å². The molecule has 2 aromatic rings. The van der Waals surface area contributed by atoms with Crippen molar-refractivity contribution in [3.8, 4) is 0 Å². The van der Waals surface area contributed by atoms with Gasteiger partial charge >= 0.3 is 0 Å². The van der Waals surface area contributed by atoms with Gasteiger partial charge < -0.3 is 4.52 Å². The first-order valence-corrected chi connectivity index (χ1v) is 6.06. The minimum atomic E-state index is -0.751. The third-order valence-corrected chi connectivity index (χ3v) is 3.15. The Kier molecular flexibility index (Phi) is 2.67. The number of ketones is 1. The molecule has 0 N–H and O–H groups in total. The lowest BCUT2D eigenvalue weighted by Crippen LogP contribution is -2.29. The summed E-state index contributed by atoms with van der Waals surface area (Å²) >= 11 is 0. The molecule has 2 heterocycles. The van der Waals surface area contributed by atoms with Gasteiger partial charge in [-0.15, -0.1) is 0 Å². The van der Waals surface area contributed by atoms with Gasteiger partial charge in [0.15, 0.2) is 5.76 Å². The first-order valence-electron chi connectivity index (χ1n) is 6.06. The molecule has 6 heteroatoms. The highest BCUT2D eigenvalue weighted by molar-refractivity contribution is 6.52. The third-order valence-electron chi connectivity index (χ3n) is 3.15. The topological polar surface area (TPSA) is 63.4 Å². The van der Waals surface area contributed by atoms with E-state index < -0.39 is 17.5 Å². The van der Waals surface area contributed by atoms with E-state index in [1.165, 1.54) is 12.1 Å². The van der Waals surface area contributed by atoms with Crippen LogP contribution in [-0.2, 0) is 11.3 Å². The lowest BCUT2D eigenvalue weighted by Gasteiger charge is -2.15. The Labute approximate surface area is 114 Å². The molecule has 3 rings (SSSR count). The predicted molar refractivity (Wildman–Crippen MR) is 67.9 cm³/mol.